The van der Waals surface area contributed by atoms with Gasteiger partial charge in [0.2, 0.25) is 11.7 Å². The van der Waals surface area contributed by atoms with Crippen molar-refractivity contribution in [3.05, 3.63) is 39.8 Å². The number of benzene rings is 1. The first-order valence-corrected chi connectivity index (χ1v) is 10.2. The quantitative estimate of drug-likeness (QED) is 0.549. The van der Waals surface area contributed by atoms with Crippen molar-refractivity contribution in [1.82, 2.24) is 14.5 Å². The normalized spacial score (nSPS) is 18.5. The van der Waals surface area contributed by atoms with Crippen LogP contribution in [-0.4, -0.2) is 52.6 Å². The smallest absolute Gasteiger partial charge is 0.298 e. The van der Waals surface area contributed by atoms with Gasteiger partial charge in [-0.15, -0.1) is 0 Å². The van der Waals surface area contributed by atoms with E-state index in [2.05, 4.69) is 20.6 Å². The lowest BCUT2D eigenvalue weighted by Crippen LogP contribution is -2.57. The molecule has 0 atom stereocenters. The molecule has 1 saturated heterocycles. The number of anilines is 4. The molecule has 5 rings (SSSR count). The van der Waals surface area contributed by atoms with Crippen LogP contribution in [0.25, 0.3) is 10.9 Å². The molecule has 1 aromatic carbocycles. The van der Waals surface area contributed by atoms with E-state index in [1.165, 1.54) is 22.7 Å². The fourth-order valence-corrected chi connectivity index (χ4v) is 3.88. The number of hydrogen-bond acceptors (Lipinski definition) is 7. The Hall–Kier alpha value is -3.28. The van der Waals surface area contributed by atoms with Crippen LogP contribution in [0.5, 0.6) is 5.75 Å². The van der Waals surface area contributed by atoms with Crippen molar-refractivity contribution in [2.75, 3.05) is 41.8 Å². The molecule has 4 heterocycles. The molecule has 0 saturated carbocycles. The Labute approximate surface area is 189 Å². The van der Waals surface area contributed by atoms with E-state index in [0.717, 1.165) is 0 Å². The Bertz CT molecular complexity index is 1320. The molecule has 2 aromatic heterocycles. The van der Waals surface area contributed by atoms with E-state index in [4.69, 9.17) is 16.3 Å². The molecule has 1 fully saturated rings. The fourth-order valence-electron chi connectivity index (χ4n) is 3.74. The molecule has 2 aliphatic rings. The molecule has 3 aromatic rings. The van der Waals surface area contributed by atoms with Crippen molar-refractivity contribution in [3.8, 4) is 5.75 Å². The molecule has 0 unspecified atom stereocenters. The first-order valence-electron chi connectivity index (χ1n) is 9.87. The second-order valence-corrected chi connectivity index (χ2v) is 8.41. The van der Waals surface area contributed by atoms with Gasteiger partial charge in [0, 0.05) is 18.1 Å². The van der Waals surface area contributed by atoms with Crippen LogP contribution < -0.4 is 25.8 Å². The summed E-state index contributed by atoms with van der Waals surface area (Å²) in [6, 6.07) is 4.91. The van der Waals surface area contributed by atoms with Crippen LogP contribution in [0.4, 0.5) is 40.7 Å². The number of hydrogen-bond donors (Lipinski definition) is 2. The number of halogens is 5. The number of aromatic nitrogens is 3. The maximum absolute atomic E-state index is 13.9. The van der Waals surface area contributed by atoms with Crippen molar-refractivity contribution < 1.29 is 22.3 Å². The average Bonchev–Trinajstić information content (AvgIpc) is 2.90. The number of nitrogens with one attached hydrogen (secondary N) is 2. The van der Waals surface area contributed by atoms with Gasteiger partial charge in [-0.05, 0) is 18.2 Å². The lowest BCUT2D eigenvalue weighted by molar-refractivity contribution is -0.0272. The predicted octanol–water partition coefficient (Wildman–Crippen LogP) is 3.62. The summed E-state index contributed by atoms with van der Waals surface area (Å²) in [7, 11) is 1.51. The van der Waals surface area contributed by atoms with Gasteiger partial charge in [0.25, 0.3) is 17.4 Å². The Balaban J connectivity index is 1.53. The van der Waals surface area contributed by atoms with Crippen LogP contribution in [0, 0.1) is 0 Å². The minimum absolute atomic E-state index is 0.0992. The molecule has 0 aliphatic carbocycles. The zero-order valence-electron chi connectivity index (χ0n) is 17.1. The van der Waals surface area contributed by atoms with Crippen LogP contribution in [0.2, 0.25) is 5.02 Å². The maximum atomic E-state index is 13.9. The summed E-state index contributed by atoms with van der Waals surface area (Å²) < 4.78 is 60.6. The van der Waals surface area contributed by atoms with E-state index in [-0.39, 0.29) is 28.2 Å². The summed E-state index contributed by atoms with van der Waals surface area (Å²) in [5.74, 6) is -5.84. The molecule has 0 bridgehead atoms. The number of pyridine rings is 1. The molecule has 8 nitrogen and oxygen atoms in total. The third-order valence-corrected chi connectivity index (χ3v) is 5.70. The van der Waals surface area contributed by atoms with Gasteiger partial charge < -0.3 is 24.8 Å². The summed E-state index contributed by atoms with van der Waals surface area (Å²) in [4.78, 5) is 22.2. The third-order valence-electron chi connectivity index (χ3n) is 5.43. The van der Waals surface area contributed by atoms with Gasteiger partial charge in [-0.25, -0.2) is 22.5 Å². The van der Waals surface area contributed by atoms with Crippen LogP contribution in [-0.2, 0) is 7.05 Å². The number of rotatable bonds is 3. The van der Waals surface area contributed by atoms with Crippen molar-refractivity contribution in [3.63, 3.8) is 0 Å². The van der Waals surface area contributed by atoms with Gasteiger partial charge in [0.1, 0.15) is 5.02 Å². The van der Waals surface area contributed by atoms with Crippen molar-refractivity contribution in [1.29, 1.82) is 0 Å². The Kier molecular flexibility index (Phi) is 4.82. The first kappa shape index (κ1) is 21.6. The standard InChI is InChI=1S/C20H17ClF4N6O2/c1-30-13-3-2-10(4-11(13)14-15(17(30)32)33-9-19(22,23)6-27-14)28-16-12(21)5-26-18(29-16)31-7-20(24,25)8-31/h2-5,27H,6-9H2,1H3,(H,26,28,29). The fraction of sp³-hybridized carbons (Fsp3) is 0.350. The number of aryl methyl sites for hydroxylation is 1. The largest absolute Gasteiger partial charge is 0.480 e. The molecule has 2 N–H and O–H groups in total. The number of alkyl halides is 4. The van der Waals surface area contributed by atoms with Crippen LogP contribution in [0.15, 0.2) is 29.2 Å². The van der Waals surface area contributed by atoms with E-state index in [1.54, 1.807) is 18.2 Å². The molecule has 0 spiro atoms. The molecule has 13 heteroatoms. The minimum atomic E-state index is -3.15. The first-order chi connectivity index (χ1) is 15.5. The minimum Gasteiger partial charge on any atom is -0.480 e. The van der Waals surface area contributed by atoms with Crippen LogP contribution in [0.1, 0.15) is 0 Å². The van der Waals surface area contributed by atoms with E-state index in [9.17, 15) is 22.4 Å². The Morgan fingerprint density at radius 3 is 2.70 bits per heavy atom. The summed E-state index contributed by atoms with van der Waals surface area (Å²) in [5, 5.41) is 6.25. The van der Waals surface area contributed by atoms with E-state index < -0.39 is 43.6 Å². The second kappa shape index (κ2) is 7.37. The predicted molar refractivity (Wildman–Crippen MR) is 116 cm³/mol. The molecule has 33 heavy (non-hydrogen) atoms. The molecule has 2 aliphatic heterocycles. The molecule has 0 radical (unpaired) electrons. The van der Waals surface area contributed by atoms with Gasteiger partial charge in [0.15, 0.2) is 12.4 Å². The average molecular weight is 485 g/mol. The summed E-state index contributed by atoms with van der Waals surface area (Å²) in [6.07, 6.45) is 1.30. The van der Waals surface area contributed by atoms with Gasteiger partial charge in [-0.1, -0.05) is 11.6 Å². The summed E-state index contributed by atoms with van der Waals surface area (Å²) in [5.41, 5.74) is 0.578. The van der Waals surface area contributed by atoms with Gasteiger partial charge >= 0.3 is 0 Å². The molecular formula is C20H17ClF4N6O2. The zero-order chi connectivity index (χ0) is 23.5. The molecular weight excluding hydrogens is 468 g/mol. The molecule has 0 amide bonds. The van der Waals surface area contributed by atoms with Gasteiger partial charge in [-0.3, -0.25) is 4.79 Å². The lowest BCUT2D eigenvalue weighted by Gasteiger charge is -2.38. The lowest BCUT2D eigenvalue weighted by atomic mass is 10.1. The second-order valence-electron chi connectivity index (χ2n) is 8.00. The van der Waals surface area contributed by atoms with Gasteiger partial charge in [0.05, 0.1) is 37.0 Å². The van der Waals surface area contributed by atoms with Crippen LogP contribution in [0.3, 0.4) is 0 Å². The SMILES string of the molecule is Cn1c(=O)c2c(c3cc(Nc4nc(N5CC(F)(F)C5)ncc4Cl)ccc31)NCC(F)(F)CO2. The van der Waals surface area contributed by atoms with Crippen molar-refractivity contribution in [2.24, 2.45) is 7.05 Å². The highest BCUT2D eigenvalue weighted by atomic mass is 35.5. The highest BCUT2D eigenvalue weighted by Crippen LogP contribution is 2.37. The highest BCUT2D eigenvalue weighted by molar-refractivity contribution is 6.32. The summed E-state index contributed by atoms with van der Waals surface area (Å²) >= 11 is 6.19. The number of ether oxygens (including phenoxy) is 1. The Morgan fingerprint density at radius 1 is 1.21 bits per heavy atom. The Morgan fingerprint density at radius 2 is 1.97 bits per heavy atom. The monoisotopic (exact) mass is 484 g/mol. The van der Waals surface area contributed by atoms with Crippen molar-refractivity contribution in [2.45, 2.75) is 11.8 Å². The summed E-state index contributed by atoms with van der Waals surface area (Å²) in [6.45, 7) is -2.58. The number of nitrogens with zero attached hydrogens (tertiary/aromatic N) is 4. The maximum Gasteiger partial charge on any atom is 0.298 e. The van der Waals surface area contributed by atoms with E-state index >= 15 is 0 Å². The van der Waals surface area contributed by atoms with E-state index in [0.29, 0.717) is 16.6 Å². The molecule has 174 valence electrons. The van der Waals surface area contributed by atoms with Gasteiger partial charge in [-0.2, -0.15) is 4.98 Å². The third kappa shape index (κ3) is 3.88. The highest BCUT2D eigenvalue weighted by Gasteiger charge is 2.45. The van der Waals surface area contributed by atoms with E-state index in [1.807, 2.05) is 0 Å². The van der Waals surface area contributed by atoms with Crippen molar-refractivity contribution >= 4 is 45.6 Å². The topological polar surface area (TPSA) is 84.3 Å². The number of fused-ring (bicyclic) bond motifs is 3. The zero-order valence-corrected chi connectivity index (χ0v) is 17.9. The van der Waals surface area contributed by atoms with Crippen LogP contribution >= 0.6 is 11.6 Å².